The van der Waals surface area contributed by atoms with Crippen LogP contribution in [0.3, 0.4) is 0 Å². The summed E-state index contributed by atoms with van der Waals surface area (Å²) in [7, 11) is 0. The molecule has 0 radical (unpaired) electrons. The molecule has 1 heterocycles. The first-order chi connectivity index (χ1) is 7.76. The lowest BCUT2D eigenvalue weighted by atomic mass is 10.1. The highest BCUT2D eigenvalue weighted by Crippen LogP contribution is 2.07. The van der Waals surface area contributed by atoms with Gasteiger partial charge < -0.3 is 10.6 Å². The monoisotopic (exact) mass is 225 g/mol. The van der Waals surface area contributed by atoms with E-state index in [0.29, 0.717) is 6.04 Å². The van der Waals surface area contributed by atoms with E-state index in [1.54, 1.807) is 0 Å². The minimum absolute atomic E-state index is 0.441. The fraction of sp³-hybridized carbons (Fsp3) is 0.846. The van der Waals surface area contributed by atoms with Gasteiger partial charge in [0.25, 0.3) is 0 Å². The second-order valence-electron chi connectivity index (χ2n) is 4.77. The zero-order chi connectivity index (χ0) is 11.8. The summed E-state index contributed by atoms with van der Waals surface area (Å²) in [6.45, 7) is 12.9. The van der Waals surface area contributed by atoms with E-state index in [2.05, 4.69) is 23.3 Å². The third-order valence-corrected chi connectivity index (χ3v) is 3.29. The van der Waals surface area contributed by atoms with Crippen molar-refractivity contribution in [3.63, 3.8) is 0 Å². The largest absolute Gasteiger partial charge is 0.328 e. The van der Waals surface area contributed by atoms with Gasteiger partial charge in [-0.25, -0.2) is 0 Å². The van der Waals surface area contributed by atoms with Gasteiger partial charge in [0.1, 0.15) is 0 Å². The zero-order valence-corrected chi connectivity index (χ0v) is 10.7. The molecule has 16 heavy (non-hydrogen) atoms. The third-order valence-electron chi connectivity index (χ3n) is 3.29. The molecule has 1 fully saturated rings. The highest BCUT2D eigenvalue weighted by molar-refractivity contribution is 4.77. The number of hydrogen-bond donors (Lipinski definition) is 1. The van der Waals surface area contributed by atoms with Crippen LogP contribution in [0.15, 0.2) is 12.7 Å². The molecule has 3 nitrogen and oxygen atoms in total. The van der Waals surface area contributed by atoms with Gasteiger partial charge in [-0.05, 0) is 38.9 Å². The molecule has 0 saturated carbocycles. The fourth-order valence-corrected chi connectivity index (χ4v) is 2.25. The molecular formula is C13H27N3. The van der Waals surface area contributed by atoms with Gasteiger partial charge in [-0.2, -0.15) is 0 Å². The summed E-state index contributed by atoms with van der Waals surface area (Å²) in [6.07, 6.45) is 5.55. The minimum atomic E-state index is 0.441. The van der Waals surface area contributed by atoms with Crippen LogP contribution in [0.4, 0.5) is 0 Å². The number of hydrogen-bond acceptors (Lipinski definition) is 3. The molecule has 0 aliphatic carbocycles. The Labute approximate surface area is 100 Å². The lowest BCUT2D eigenvalue weighted by Gasteiger charge is -2.32. The molecule has 0 aromatic heterocycles. The van der Waals surface area contributed by atoms with Crippen molar-refractivity contribution in [3.05, 3.63) is 12.7 Å². The molecule has 0 atom stereocenters. The zero-order valence-electron chi connectivity index (χ0n) is 10.7. The second kappa shape index (κ2) is 7.82. The molecular weight excluding hydrogens is 198 g/mol. The molecule has 0 spiro atoms. The Kier molecular flexibility index (Phi) is 6.69. The topological polar surface area (TPSA) is 32.5 Å². The van der Waals surface area contributed by atoms with E-state index in [-0.39, 0.29) is 0 Å². The minimum Gasteiger partial charge on any atom is -0.328 e. The van der Waals surface area contributed by atoms with Crippen molar-refractivity contribution >= 4 is 0 Å². The van der Waals surface area contributed by atoms with Crippen LogP contribution in [0.5, 0.6) is 0 Å². The van der Waals surface area contributed by atoms with Crippen LogP contribution in [0.2, 0.25) is 0 Å². The molecule has 1 rings (SSSR count). The summed E-state index contributed by atoms with van der Waals surface area (Å²) in [4.78, 5) is 5.01. The normalized spacial score (nSPS) is 19.2. The van der Waals surface area contributed by atoms with Gasteiger partial charge in [-0.3, -0.25) is 4.90 Å². The maximum absolute atomic E-state index is 5.90. The number of rotatable bonds is 7. The van der Waals surface area contributed by atoms with E-state index in [1.807, 2.05) is 6.08 Å². The molecule has 1 saturated heterocycles. The Bertz CT molecular complexity index is 186. The fourth-order valence-electron chi connectivity index (χ4n) is 2.25. The third kappa shape index (κ3) is 5.10. The molecule has 0 unspecified atom stereocenters. The summed E-state index contributed by atoms with van der Waals surface area (Å²) in [6, 6.07) is 0.441. The van der Waals surface area contributed by atoms with Crippen molar-refractivity contribution in [2.75, 3.05) is 39.3 Å². The van der Waals surface area contributed by atoms with Gasteiger partial charge in [-0.1, -0.05) is 13.0 Å². The van der Waals surface area contributed by atoms with Crippen molar-refractivity contribution in [2.24, 2.45) is 5.73 Å². The van der Waals surface area contributed by atoms with E-state index < -0.39 is 0 Å². The van der Waals surface area contributed by atoms with Crippen LogP contribution in [0.25, 0.3) is 0 Å². The number of nitrogens with zero attached hydrogens (tertiary/aromatic N) is 2. The van der Waals surface area contributed by atoms with Crippen molar-refractivity contribution < 1.29 is 0 Å². The Hall–Kier alpha value is -0.380. The highest BCUT2D eigenvalue weighted by atomic mass is 15.2. The summed E-state index contributed by atoms with van der Waals surface area (Å²) in [5.41, 5.74) is 5.90. The molecule has 3 heteroatoms. The van der Waals surface area contributed by atoms with E-state index in [9.17, 15) is 0 Å². The predicted octanol–water partition coefficient (Wildman–Crippen LogP) is 1.31. The molecule has 2 N–H and O–H groups in total. The second-order valence-corrected chi connectivity index (χ2v) is 4.77. The lowest BCUT2D eigenvalue weighted by molar-refractivity contribution is 0.179. The summed E-state index contributed by atoms with van der Waals surface area (Å²) in [5.74, 6) is 0. The Morgan fingerprint density at radius 3 is 2.62 bits per heavy atom. The predicted molar refractivity (Wildman–Crippen MR) is 70.6 cm³/mol. The first kappa shape index (κ1) is 13.7. The van der Waals surface area contributed by atoms with Crippen molar-refractivity contribution in [3.8, 4) is 0 Å². The average Bonchev–Trinajstić information content (AvgIpc) is 2.29. The highest BCUT2D eigenvalue weighted by Gasteiger charge is 2.15. The standard InChI is InChI=1S/C13H27N3/c1-3-7-15(8-4-2)11-12-16-9-5-13(14)6-10-16/h3,13H,1,4-12,14H2,2H3. The summed E-state index contributed by atoms with van der Waals surface area (Å²) < 4.78 is 0. The van der Waals surface area contributed by atoms with Gasteiger partial charge in [0.2, 0.25) is 0 Å². The first-order valence-corrected chi connectivity index (χ1v) is 6.57. The molecule has 1 aliphatic rings. The van der Waals surface area contributed by atoms with Gasteiger partial charge in [0.15, 0.2) is 0 Å². The Morgan fingerprint density at radius 2 is 2.06 bits per heavy atom. The number of nitrogens with two attached hydrogens (primary N) is 1. The quantitative estimate of drug-likeness (QED) is 0.663. The molecule has 0 aromatic rings. The molecule has 0 amide bonds. The van der Waals surface area contributed by atoms with Crippen LogP contribution in [0, 0.1) is 0 Å². The Balaban J connectivity index is 2.18. The van der Waals surface area contributed by atoms with Gasteiger partial charge in [-0.15, -0.1) is 6.58 Å². The van der Waals surface area contributed by atoms with E-state index in [4.69, 9.17) is 5.73 Å². The summed E-state index contributed by atoms with van der Waals surface area (Å²) in [5, 5.41) is 0. The van der Waals surface area contributed by atoms with Gasteiger partial charge >= 0.3 is 0 Å². The SMILES string of the molecule is C=CCN(CCC)CCN1CCC(N)CC1. The molecule has 1 aliphatic heterocycles. The lowest BCUT2D eigenvalue weighted by Crippen LogP contribution is -2.43. The Morgan fingerprint density at radius 1 is 1.38 bits per heavy atom. The number of piperidine rings is 1. The average molecular weight is 225 g/mol. The maximum Gasteiger partial charge on any atom is 0.0161 e. The van der Waals surface area contributed by atoms with Gasteiger partial charge in [0, 0.05) is 25.7 Å². The van der Waals surface area contributed by atoms with Crippen molar-refractivity contribution in [1.82, 2.24) is 9.80 Å². The smallest absolute Gasteiger partial charge is 0.0161 e. The van der Waals surface area contributed by atoms with Crippen molar-refractivity contribution in [2.45, 2.75) is 32.2 Å². The maximum atomic E-state index is 5.90. The molecule has 0 aromatic carbocycles. The molecule has 94 valence electrons. The number of likely N-dealkylation sites (tertiary alicyclic amines) is 1. The van der Waals surface area contributed by atoms with Gasteiger partial charge in [0.05, 0.1) is 0 Å². The van der Waals surface area contributed by atoms with Crippen LogP contribution in [-0.4, -0.2) is 55.1 Å². The first-order valence-electron chi connectivity index (χ1n) is 6.57. The van der Waals surface area contributed by atoms with Crippen LogP contribution in [-0.2, 0) is 0 Å². The van der Waals surface area contributed by atoms with Crippen molar-refractivity contribution in [1.29, 1.82) is 0 Å². The van der Waals surface area contributed by atoms with Crippen LogP contribution >= 0.6 is 0 Å². The van der Waals surface area contributed by atoms with E-state index >= 15 is 0 Å². The molecule has 0 bridgehead atoms. The van der Waals surface area contributed by atoms with Crippen LogP contribution < -0.4 is 5.73 Å². The summed E-state index contributed by atoms with van der Waals surface area (Å²) >= 11 is 0. The van der Waals surface area contributed by atoms with E-state index in [1.165, 1.54) is 32.6 Å². The van der Waals surface area contributed by atoms with E-state index in [0.717, 1.165) is 25.9 Å². The van der Waals surface area contributed by atoms with Crippen LogP contribution in [0.1, 0.15) is 26.2 Å².